The fourth-order valence-electron chi connectivity index (χ4n) is 1.45. The highest BCUT2D eigenvalue weighted by atomic mass is 79.9. The second kappa shape index (κ2) is 5.61. The second-order valence-corrected chi connectivity index (χ2v) is 4.46. The van der Waals surface area contributed by atoms with Crippen molar-refractivity contribution in [3.05, 3.63) is 57.9 Å². The number of anilines is 1. The van der Waals surface area contributed by atoms with Crippen LogP contribution < -0.4 is 5.32 Å². The lowest BCUT2D eigenvalue weighted by Gasteiger charge is -2.08. The van der Waals surface area contributed by atoms with Crippen molar-refractivity contribution >= 4 is 21.7 Å². The maximum Gasteiger partial charge on any atom is 0.140 e. The van der Waals surface area contributed by atoms with Gasteiger partial charge in [0.1, 0.15) is 11.6 Å². The van der Waals surface area contributed by atoms with Crippen LogP contribution in [-0.2, 0) is 6.54 Å². The smallest absolute Gasteiger partial charge is 0.140 e. The Morgan fingerprint density at radius 2 is 2.22 bits per heavy atom. The van der Waals surface area contributed by atoms with Gasteiger partial charge in [-0.3, -0.25) is 0 Å². The molecule has 0 atom stereocenters. The van der Waals surface area contributed by atoms with E-state index in [1.807, 2.05) is 12.1 Å². The molecule has 0 radical (unpaired) electrons. The Morgan fingerprint density at radius 1 is 1.39 bits per heavy atom. The summed E-state index contributed by atoms with van der Waals surface area (Å²) >= 11 is 3.35. The predicted molar refractivity (Wildman–Crippen MR) is 70.4 cm³/mol. The molecule has 0 spiro atoms. The van der Waals surface area contributed by atoms with E-state index in [0.717, 1.165) is 4.47 Å². The second-order valence-electron chi connectivity index (χ2n) is 3.61. The number of halogens is 2. The normalized spacial score (nSPS) is 9.83. The SMILES string of the molecule is N#Cc1ccc(CNc2ncccc2Br)c(F)c1. The Bertz CT molecular complexity index is 607. The summed E-state index contributed by atoms with van der Waals surface area (Å²) in [6.07, 6.45) is 1.65. The third-order valence-electron chi connectivity index (χ3n) is 2.39. The van der Waals surface area contributed by atoms with Gasteiger partial charge in [0.2, 0.25) is 0 Å². The van der Waals surface area contributed by atoms with Gasteiger partial charge in [-0.05, 0) is 40.2 Å². The minimum absolute atomic E-state index is 0.313. The zero-order chi connectivity index (χ0) is 13.0. The van der Waals surface area contributed by atoms with Gasteiger partial charge in [-0.25, -0.2) is 9.37 Å². The molecule has 0 unspecified atom stereocenters. The van der Waals surface area contributed by atoms with Crippen LogP contribution in [0.5, 0.6) is 0 Å². The zero-order valence-corrected chi connectivity index (χ0v) is 10.9. The van der Waals surface area contributed by atoms with Crippen molar-refractivity contribution in [3.63, 3.8) is 0 Å². The lowest BCUT2D eigenvalue weighted by molar-refractivity contribution is 0.612. The van der Waals surface area contributed by atoms with Gasteiger partial charge < -0.3 is 5.32 Å². The quantitative estimate of drug-likeness (QED) is 0.944. The van der Waals surface area contributed by atoms with Gasteiger partial charge in [-0.2, -0.15) is 5.26 Å². The number of benzene rings is 1. The van der Waals surface area contributed by atoms with E-state index in [9.17, 15) is 4.39 Å². The first-order chi connectivity index (χ1) is 8.70. The van der Waals surface area contributed by atoms with Crippen LogP contribution >= 0.6 is 15.9 Å². The molecule has 1 N–H and O–H groups in total. The standard InChI is InChI=1S/C13H9BrFN3/c14-11-2-1-5-17-13(11)18-8-10-4-3-9(7-16)6-12(10)15/h1-6H,8H2,(H,17,18). The largest absolute Gasteiger partial charge is 0.365 e. The van der Waals surface area contributed by atoms with Crippen LogP contribution in [-0.4, -0.2) is 4.98 Å². The van der Waals surface area contributed by atoms with E-state index >= 15 is 0 Å². The van der Waals surface area contributed by atoms with E-state index in [0.29, 0.717) is 23.5 Å². The molecule has 5 heteroatoms. The van der Waals surface area contributed by atoms with Gasteiger partial charge >= 0.3 is 0 Å². The lowest BCUT2D eigenvalue weighted by Crippen LogP contribution is -2.04. The van der Waals surface area contributed by atoms with E-state index in [1.54, 1.807) is 24.4 Å². The van der Waals surface area contributed by atoms with Gasteiger partial charge in [-0.15, -0.1) is 0 Å². The summed E-state index contributed by atoms with van der Waals surface area (Å²) in [4.78, 5) is 4.12. The third-order valence-corrected chi connectivity index (χ3v) is 3.03. The fourth-order valence-corrected chi connectivity index (χ4v) is 1.85. The molecule has 0 bridgehead atoms. The molecule has 2 rings (SSSR count). The Kier molecular flexibility index (Phi) is 3.90. The number of hydrogen-bond acceptors (Lipinski definition) is 3. The number of aromatic nitrogens is 1. The lowest BCUT2D eigenvalue weighted by atomic mass is 10.1. The molecule has 0 aliphatic rings. The summed E-state index contributed by atoms with van der Waals surface area (Å²) in [6, 6.07) is 9.96. The number of nitrogens with one attached hydrogen (secondary N) is 1. The Balaban J connectivity index is 2.12. The van der Waals surface area contributed by atoms with Crippen LogP contribution in [0.15, 0.2) is 41.0 Å². The number of hydrogen-bond donors (Lipinski definition) is 1. The first-order valence-electron chi connectivity index (χ1n) is 5.23. The summed E-state index contributed by atoms with van der Waals surface area (Å²) in [5, 5.41) is 11.7. The monoisotopic (exact) mass is 305 g/mol. The van der Waals surface area contributed by atoms with Crippen molar-refractivity contribution in [2.45, 2.75) is 6.54 Å². The molecule has 1 aromatic heterocycles. The molecule has 1 aromatic carbocycles. The predicted octanol–water partition coefficient (Wildman–Crippen LogP) is 3.47. The number of rotatable bonds is 3. The molecule has 0 aliphatic heterocycles. The van der Waals surface area contributed by atoms with Gasteiger partial charge in [0, 0.05) is 18.3 Å². The number of pyridine rings is 1. The van der Waals surface area contributed by atoms with Crippen molar-refractivity contribution in [2.24, 2.45) is 0 Å². The van der Waals surface area contributed by atoms with Crippen molar-refractivity contribution < 1.29 is 4.39 Å². The number of nitriles is 1. The Morgan fingerprint density at radius 3 is 2.89 bits per heavy atom. The van der Waals surface area contributed by atoms with E-state index in [-0.39, 0.29) is 0 Å². The van der Waals surface area contributed by atoms with Crippen LogP contribution in [0, 0.1) is 17.1 Å². The highest BCUT2D eigenvalue weighted by Crippen LogP contribution is 2.19. The molecule has 2 aromatic rings. The van der Waals surface area contributed by atoms with Crippen LogP contribution in [0.3, 0.4) is 0 Å². The summed E-state index contributed by atoms with van der Waals surface area (Å²) in [6.45, 7) is 0.313. The minimum Gasteiger partial charge on any atom is -0.365 e. The summed E-state index contributed by atoms with van der Waals surface area (Å²) < 4.78 is 14.4. The highest BCUT2D eigenvalue weighted by molar-refractivity contribution is 9.10. The van der Waals surface area contributed by atoms with Crippen molar-refractivity contribution in [1.82, 2.24) is 4.98 Å². The molecule has 0 amide bonds. The topological polar surface area (TPSA) is 48.7 Å². The van der Waals surface area contributed by atoms with E-state index in [4.69, 9.17) is 5.26 Å². The maximum absolute atomic E-state index is 13.6. The van der Waals surface area contributed by atoms with Gasteiger partial charge in [-0.1, -0.05) is 6.07 Å². The maximum atomic E-state index is 13.6. The van der Waals surface area contributed by atoms with Crippen LogP contribution in [0.1, 0.15) is 11.1 Å². The van der Waals surface area contributed by atoms with Crippen LogP contribution in [0.25, 0.3) is 0 Å². The van der Waals surface area contributed by atoms with E-state index < -0.39 is 5.82 Å². The summed E-state index contributed by atoms with van der Waals surface area (Å²) in [7, 11) is 0. The average molecular weight is 306 g/mol. The average Bonchev–Trinajstić information content (AvgIpc) is 2.39. The summed E-state index contributed by atoms with van der Waals surface area (Å²) in [5.41, 5.74) is 0.807. The molecular weight excluding hydrogens is 297 g/mol. The van der Waals surface area contributed by atoms with Crippen LogP contribution in [0.4, 0.5) is 10.2 Å². The van der Waals surface area contributed by atoms with E-state index in [1.165, 1.54) is 6.07 Å². The zero-order valence-electron chi connectivity index (χ0n) is 9.32. The fraction of sp³-hybridized carbons (Fsp3) is 0.0769. The van der Waals surface area contributed by atoms with Crippen molar-refractivity contribution in [1.29, 1.82) is 5.26 Å². The number of nitrogens with zero attached hydrogens (tertiary/aromatic N) is 2. The van der Waals surface area contributed by atoms with Gasteiger partial charge in [0.25, 0.3) is 0 Å². The van der Waals surface area contributed by atoms with Crippen molar-refractivity contribution in [2.75, 3.05) is 5.32 Å². The minimum atomic E-state index is -0.395. The van der Waals surface area contributed by atoms with Gasteiger partial charge in [0.05, 0.1) is 16.1 Å². The molecule has 0 saturated carbocycles. The highest BCUT2D eigenvalue weighted by Gasteiger charge is 2.05. The molecule has 1 heterocycles. The first kappa shape index (κ1) is 12.5. The van der Waals surface area contributed by atoms with Crippen LogP contribution in [0.2, 0.25) is 0 Å². The third kappa shape index (κ3) is 2.84. The Labute approximate surface area is 112 Å². The molecule has 90 valence electrons. The van der Waals surface area contributed by atoms with E-state index in [2.05, 4.69) is 26.2 Å². The molecule has 3 nitrogen and oxygen atoms in total. The van der Waals surface area contributed by atoms with Crippen molar-refractivity contribution in [3.8, 4) is 6.07 Å². The molecule has 0 fully saturated rings. The first-order valence-corrected chi connectivity index (χ1v) is 6.03. The molecule has 0 aliphatic carbocycles. The van der Waals surface area contributed by atoms with Gasteiger partial charge in [0.15, 0.2) is 0 Å². The Hall–Kier alpha value is -1.93. The molecule has 0 saturated heterocycles. The molecular formula is C13H9BrFN3. The molecule has 18 heavy (non-hydrogen) atoms. The summed E-state index contributed by atoms with van der Waals surface area (Å²) in [5.74, 6) is 0.259.